The molecule has 2 fully saturated rings. The number of fused-ring (bicyclic) bond motifs is 1. The van der Waals surface area contributed by atoms with Gasteiger partial charge in [0.2, 0.25) is 11.8 Å². The molecule has 3 aliphatic heterocycles. The number of nitro benzene ring substituents is 1. The fraction of sp³-hybridized carbons (Fsp3) is 0.571. The Kier molecular flexibility index (Phi) is 9.37. The summed E-state index contributed by atoms with van der Waals surface area (Å²) in [6.45, 7) is 4.30. The van der Waals surface area contributed by atoms with Crippen LogP contribution in [-0.2, 0) is 25.7 Å². The topological polar surface area (TPSA) is 180 Å². The molecule has 0 aliphatic carbocycles. The molecule has 6 atom stereocenters. The summed E-state index contributed by atoms with van der Waals surface area (Å²) in [5.74, 6) is -3.09. The monoisotopic (exact) mass is 620 g/mol. The number of carboxylic acids is 1. The first-order valence-electron chi connectivity index (χ1n) is 14.0. The van der Waals surface area contributed by atoms with Gasteiger partial charge in [-0.25, -0.2) is 9.59 Å². The third-order valence-corrected chi connectivity index (χ3v) is 9.49. The summed E-state index contributed by atoms with van der Waals surface area (Å²) >= 11 is 1.24. The van der Waals surface area contributed by atoms with Crippen LogP contribution in [0, 0.1) is 22.0 Å². The van der Waals surface area contributed by atoms with Crippen molar-refractivity contribution in [3.05, 3.63) is 50.5 Å². The van der Waals surface area contributed by atoms with E-state index in [1.807, 2.05) is 28.1 Å². The van der Waals surface area contributed by atoms with E-state index in [9.17, 15) is 39.5 Å². The fourth-order valence-electron chi connectivity index (χ4n) is 5.77. The van der Waals surface area contributed by atoms with Gasteiger partial charge in [0.25, 0.3) is 5.69 Å². The summed E-state index contributed by atoms with van der Waals surface area (Å²) < 4.78 is 6.11. The molecule has 1 aromatic carbocycles. The number of nitro groups is 1. The van der Waals surface area contributed by atoms with Gasteiger partial charge in [-0.3, -0.25) is 24.6 Å². The van der Waals surface area contributed by atoms with E-state index in [1.54, 1.807) is 0 Å². The van der Waals surface area contributed by atoms with Crippen molar-refractivity contribution < 1.29 is 43.5 Å². The van der Waals surface area contributed by atoms with Crippen molar-refractivity contribution in [1.82, 2.24) is 15.1 Å². The first-order chi connectivity index (χ1) is 20.1. The van der Waals surface area contributed by atoms with Gasteiger partial charge in [-0.1, -0.05) is 6.92 Å². The predicted octanol–water partition coefficient (Wildman–Crippen LogP) is 1.38. The quantitative estimate of drug-likeness (QED) is 0.142. The molecule has 2 saturated heterocycles. The maximum atomic E-state index is 13.3. The lowest BCUT2D eigenvalue weighted by atomic mass is 9.79. The zero-order chi connectivity index (χ0) is 31.8. The summed E-state index contributed by atoms with van der Waals surface area (Å²) in [6, 6.07) is 4.24. The number of aliphatic hydroxyl groups excluding tert-OH is 1. The van der Waals surface area contributed by atoms with Gasteiger partial charge in [0.1, 0.15) is 18.3 Å². The summed E-state index contributed by atoms with van der Waals surface area (Å²) in [5.41, 5.74) is 0.320. The predicted molar refractivity (Wildman–Crippen MR) is 155 cm³/mol. The van der Waals surface area contributed by atoms with Gasteiger partial charge >= 0.3 is 12.1 Å². The number of rotatable bonds is 11. The lowest BCUT2D eigenvalue weighted by Crippen LogP contribution is -2.63. The highest BCUT2D eigenvalue weighted by molar-refractivity contribution is 8.03. The smallest absolute Gasteiger partial charge is 0.410 e. The number of likely N-dealkylation sites (N-methyl/N-ethyl adjacent to an activating group) is 1. The van der Waals surface area contributed by atoms with Gasteiger partial charge in [-0.2, -0.15) is 0 Å². The number of non-ortho nitro benzene ring substituents is 1. The highest BCUT2D eigenvalue weighted by atomic mass is 32.2. The average Bonchev–Trinajstić information content (AvgIpc) is 3.44. The number of quaternary nitrogens is 1. The molecule has 4 rings (SSSR count). The highest BCUT2D eigenvalue weighted by Crippen LogP contribution is 2.52. The van der Waals surface area contributed by atoms with Gasteiger partial charge in [-0.05, 0) is 31.0 Å². The van der Waals surface area contributed by atoms with Gasteiger partial charge in [-0.15, -0.1) is 11.8 Å². The van der Waals surface area contributed by atoms with Crippen molar-refractivity contribution in [3.8, 4) is 0 Å². The van der Waals surface area contributed by atoms with E-state index in [0.717, 1.165) is 0 Å². The lowest BCUT2D eigenvalue weighted by molar-refractivity contribution is -0.869. The summed E-state index contributed by atoms with van der Waals surface area (Å²) in [6.07, 6.45) is -1.44. The van der Waals surface area contributed by atoms with E-state index in [4.69, 9.17) is 4.74 Å². The number of aliphatic hydroxyl groups is 1. The number of ether oxygens (including phenoxy) is 1. The van der Waals surface area contributed by atoms with Crippen LogP contribution in [0.3, 0.4) is 0 Å². The lowest BCUT2D eigenvalue weighted by Gasteiger charge is -2.46. The first kappa shape index (κ1) is 32.2. The second-order valence-electron chi connectivity index (χ2n) is 12.2. The number of thioether (sulfide) groups is 1. The minimum atomic E-state index is -1.25. The number of nitrogens with one attached hydrogen (secondary N) is 1. The van der Waals surface area contributed by atoms with Gasteiger partial charge < -0.3 is 29.6 Å². The molecule has 14 nitrogen and oxygen atoms in total. The molecule has 3 heterocycles. The Hall–Kier alpha value is -3.69. The highest BCUT2D eigenvalue weighted by Gasteiger charge is 2.60. The fourth-order valence-corrected chi connectivity index (χ4v) is 7.29. The van der Waals surface area contributed by atoms with Gasteiger partial charge in [0.15, 0.2) is 0 Å². The molecular formula is C28H38N5O9S+. The maximum Gasteiger partial charge on any atom is 0.410 e. The summed E-state index contributed by atoms with van der Waals surface area (Å²) in [5, 5.41) is 33.6. The number of likely N-dealkylation sites (tertiary alicyclic amines) is 1. The van der Waals surface area contributed by atoms with Crippen molar-refractivity contribution in [2.75, 3.05) is 40.8 Å². The molecule has 234 valence electrons. The molecule has 3 aliphatic rings. The zero-order valence-electron chi connectivity index (χ0n) is 24.8. The third-order valence-electron chi connectivity index (χ3n) is 8.00. The van der Waals surface area contributed by atoms with E-state index in [-0.39, 0.29) is 48.0 Å². The molecule has 0 aromatic heterocycles. The largest absolute Gasteiger partial charge is 0.477 e. The molecule has 0 saturated carbocycles. The normalized spacial score (nSPS) is 25.7. The Balaban J connectivity index is 1.51. The van der Waals surface area contributed by atoms with Crippen LogP contribution < -0.4 is 5.32 Å². The summed E-state index contributed by atoms with van der Waals surface area (Å²) in [4.78, 5) is 65.0. The van der Waals surface area contributed by atoms with E-state index in [2.05, 4.69) is 5.32 Å². The molecule has 0 radical (unpaired) electrons. The SMILES string of the molecule is C[C@@H](O)[C@H]1C(=O)N2C(C(=O)O)=C(S[C@H]3C[C@@H](C(=O)NCC[N+](C)(C)C)N(C(=O)OCc4ccc([N+](=O)[O-])cc4)C3)[C@H](C)[C@H]12. The molecule has 15 heteroatoms. The number of carbonyl (C=O) groups is 4. The minimum absolute atomic E-state index is 0.0949. The van der Waals surface area contributed by atoms with Crippen LogP contribution in [-0.4, -0.2) is 118 Å². The van der Waals surface area contributed by atoms with Crippen LogP contribution >= 0.6 is 11.8 Å². The molecule has 0 unspecified atom stereocenters. The second-order valence-corrected chi connectivity index (χ2v) is 13.5. The molecular weight excluding hydrogens is 582 g/mol. The average molecular weight is 621 g/mol. The third kappa shape index (κ3) is 6.78. The second kappa shape index (κ2) is 12.5. The van der Waals surface area contributed by atoms with E-state index >= 15 is 0 Å². The Morgan fingerprint density at radius 3 is 2.44 bits per heavy atom. The van der Waals surface area contributed by atoms with Crippen LogP contribution in [0.4, 0.5) is 10.5 Å². The Labute approximate surface area is 253 Å². The van der Waals surface area contributed by atoms with E-state index < -0.39 is 47.0 Å². The number of hydrogen-bond donors (Lipinski definition) is 3. The Morgan fingerprint density at radius 2 is 1.88 bits per heavy atom. The van der Waals surface area contributed by atoms with Crippen LogP contribution in [0.15, 0.2) is 34.9 Å². The van der Waals surface area contributed by atoms with E-state index in [0.29, 0.717) is 28.0 Å². The van der Waals surface area contributed by atoms with Crippen molar-refractivity contribution in [1.29, 1.82) is 0 Å². The number of nitrogens with zero attached hydrogens (tertiary/aromatic N) is 4. The number of β-lactam (4-membered cyclic amide) rings is 1. The van der Waals surface area contributed by atoms with Crippen LogP contribution in [0.2, 0.25) is 0 Å². The molecule has 0 bridgehead atoms. The molecule has 3 N–H and O–H groups in total. The number of carbonyl (C=O) groups excluding carboxylic acids is 3. The Bertz CT molecular complexity index is 1330. The number of aliphatic carboxylic acids is 1. The van der Waals surface area contributed by atoms with Gasteiger partial charge in [0, 0.05) is 34.8 Å². The van der Waals surface area contributed by atoms with Crippen LogP contribution in [0.5, 0.6) is 0 Å². The Morgan fingerprint density at radius 1 is 1.23 bits per heavy atom. The number of hydrogen-bond acceptors (Lipinski definition) is 9. The number of amides is 3. The van der Waals surface area contributed by atoms with E-state index in [1.165, 1.54) is 52.8 Å². The van der Waals surface area contributed by atoms with Crippen molar-refractivity contribution in [3.63, 3.8) is 0 Å². The van der Waals surface area contributed by atoms with Gasteiger partial charge in [0.05, 0.1) is 57.2 Å². The van der Waals surface area contributed by atoms with Crippen LogP contribution in [0.1, 0.15) is 25.8 Å². The molecule has 1 aromatic rings. The van der Waals surface area contributed by atoms with Crippen molar-refractivity contribution >= 4 is 41.3 Å². The van der Waals surface area contributed by atoms with Crippen LogP contribution in [0.25, 0.3) is 0 Å². The molecule has 3 amide bonds. The standard InChI is InChI=1S/C28H37N5O9S/c1-15-22-21(16(2)34)26(36)31(22)23(27(37)38)24(15)43-19-12-20(25(35)29-10-11-33(3,4)5)30(13-19)28(39)42-14-17-6-8-18(9-7-17)32(40)41/h6-9,15-16,19-22,34H,10-14H2,1-5H3,(H-,29,35,37,38)/p+1/t15-,16-,19+,20+,21-,22-/m1/s1. The minimum Gasteiger partial charge on any atom is -0.477 e. The summed E-state index contributed by atoms with van der Waals surface area (Å²) in [7, 11) is 5.97. The van der Waals surface area contributed by atoms with Crippen molar-refractivity contribution in [2.24, 2.45) is 11.8 Å². The number of carboxylic acid groups (broad SMARTS) is 1. The maximum absolute atomic E-state index is 13.3. The molecule has 0 spiro atoms. The molecule has 43 heavy (non-hydrogen) atoms. The first-order valence-corrected chi connectivity index (χ1v) is 14.9. The zero-order valence-corrected chi connectivity index (χ0v) is 25.6. The number of benzene rings is 1. The van der Waals surface area contributed by atoms with Crippen molar-refractivity contribution in [2.45, 2.75) is 50.3 Å².